The van der Waals surface area contributed by atoms with Crippen molar-refractivity contribution in [3.05, 3.63) is 71.1 Å². The minimum atomic E-state index is 0.730. The molecule has 4 rings (SSSR count). The maximum Gasteiger partial charge on any atom is 0.212 e. The molecule has 2 aromatic carbocycles. The van der Waals surface area contributed by atoms with Gasteiger partial charge in [0.25, 0.3) is 0 Å². The van der Waals surface area contributed by atoms with Crippen molar-refractivity contribution in [1.82, 2.24) is 14.4 Å². The number of H-pyrrole nitrogens is 1. The van der Waals surface area contributed by atoms with Crippen molar-refractivity contribution in [3.63, 3.8) is 0 Å². The second-order valence-electron chi connectivity index (χ2n) is 5.88. The zero-order valence-corrected chi connectivity index (χ0v) is 14.8. The van der Waals surface area contributed by atoms with E-state index in [1.165, 1.54) is 5.56 Å². The van der Waals surface area contributed by atoms with Crippen molar-refractivity contribution in [2.75, 3.05) is 7.11 Å². The van der Waals surface area contributed by atoms with Gasteiger partial charge in [-0.3, -0.25) is 4.40 Å². The lowest BCUT2D eigenvalue weighted by Crippen LogP contribution is -1.93. The quantitative estimate of drug-likeness (QED) is 0.528. The summed E-state index contributed by atoms with van der Waals surface area (Å²) in [4.78, 5) is 7.88. The molecule has 4 aromatic rings. The van der Waals surface area contributed by atoms with Gasteiger partial charge < -0.3 is 9.72 Å². The summed E-state index contributed by atoms with van der Waals surface area (Å²) >= 11 is 5.72. The van der Waals surface area contributed by atoms with E-state index in [1.54, 1.807) is 7.11 Å². The van der Waals surface area contributed by atoms with Crippen LogP contribution in [0.1, 0.15) is 5.56 Å². The van der Waals surface area contributed by atoms with E-state index in [2.05, 4.69) is 29.0 Å². The number of aromatic nitrogens is 3. The molecule has 0 amide bonds. The number of methoxy groups -OCH3 is 1. The van der Waals surface area contributed by atoms with Crippen LogP contribution in [-0.4, -0.2) is 21.5 Å². The minimum Gasteiger partial charge on any atom is -0.497 e. The van der Waals surface area contributed by atoms with Crippen LogP contribution in [0.15, 0.2) is 60.9 Å². The van der Waals surface area contributed by atoms with Crippen molar-refractivity contribution in [3.8, 4) is 28.1 Å². The summed E-state index contributed by atoms with van der Waals surface area (Å²) in [5.41, 5.74) is 5.27. The Labute approximate surface area is 150 Å². The third-order valence-corrected chi connectivity index (χ3v) is 4.75. The molecule has 1 N–H and O–H groups in total. The molecule has 4 nitrogen and oxygen atoms in total. The molecule has 124 valence electrons. The molecule has 0 radical (unpaired) electrons. The highest BCUT2D eigenvalue weighted by Gasteiger charge is 2.10. The molecule has 0 bridgehead atoms. The predicted octanol–water partition coefficient (Wildman–Crippen LogP) is 5.04. The van der Waals surface area contributed by atoms with Crippen LogP contribution in [0.5, 0.6) is 5.75 Å². The van der Waals surface area contributed by atoms with Crippen molar-refractivity contribution in [1.29, 1.82) is 0 Å². The normalized spacial score (nSPS) is 11.0. The highest BCUT2D eigenvalue weighted by molar-refractivity contribution is 7.71. The molecular weight excluding hydrogens is 330 g/mol. The third kappa shape index (κ3) is 2.72. The molecule has 0 fully saturated rings. The monoisotopic (exact) mass is 347 g/mol. The van der Waals surface area contributed by atoms with E-state index in [0.29, 0.717) is 0 Å². The molecule has 0 aliphatic carbocycles. The minimum absolute atomic E-state index is 0.730. The van der Waals surface area contributed by atoms with E-state index in [9.17, 15) is 0 Å². The summed E-state index contributed by atoms with van der Waals surface area (Å²) in [5.74, 6) is 1.56. The number of nitrogens with one attached hydrogen (secondary N) is 1. The van der Waals surface area contributed by atoms with E-state index in [0.717, 1.165) is 38.6 Å². The Morgan fingerprint density at radius 3 is 2.52 bits per heavy atom. The average molecular weight is 347 g/mol. The summed E-state index contributed by atoms with van der Waals surface area (Å²) in [6.07, 6.45) is 3.84. The average Bonchev–Trinajstić information content (AvgIpc) is 3.08. The highest BCUT2D eigenvalue weighted by Crippen LogP contribution is 2.26. The molecule has 25 heavy (non-hydrogen) atoms. The van der Waals surface area contributed by atoms with Crippen molar-refractivity contribution in [2.24, 2.45) is 0 Å². The fourth-order valence-corrected chi connectivity index (χ4v) is 3.24. The summed E-state index contributed by atoms with van der Waals surface area (Å²) in [6.45, 7) is 2.08. The molecule has 0 spiro atoms. The Kier molecular flexibility index (Phi) is 3.86. The fraction of sp³-hybridized carbons (Fsp3) is 0.100. The van der Waals surface area contributed by atoms with E-state index in [-0.39, 0.29) is 0 Å². The van der Waals surface area contributed by atoms with Crippen LogP contribution in [0.4, 0.5) is 0 Å². The van der Waals surface area contributed by atoms with Crippen LogP contribution in [0.25, 0.3) is 28.2 Å². The van der Waals surface area contributed by atoms with Gasteiger partial charge in [0, 0.05) is 18.0 Å². The molecule has 2 heterocycles. The molecule has 2 aromatic heterocycles. The van der Waals surface area contributed by atoms with Gasteiger partial charge in [0.2, 0.25) is 5.78 Å². The van der Waals surface area contributed by atoms with Crippen LogP contribution in [0, 0.1) is 11.6 Å². The first kappa shape index (κ1) is 15.6. The molecule has 0 aliphatic rings. The SMILES string of the molecule is COc1ccc(-c2cn3c(=S)c(-c4ccccc4C)cnc3[nH]2)cc1. The number of imidazole rings is 1. The van der Waals surface area contributed by atoms with Crippen LogP contribution in [0.3, 0.4) is 0 Å². The molecule has 5 heteroatoms. The lowest BCUT2D eigenvalue weighted by molar-refractivity contribution is 0.415. The first-order valence-corrected chi connectivity index (χ1v) is 8.39. The zero-order chi connectivity index (χ0) is 17.4. The van der Waals surface area contributed by atoms with Gasteiger partial charge in [-0.15, -0.1) is 0 Å². The first-order valence-electron chi connectivity index (χ1n) is 7.98. The summed E-state index contributed by atoms with van der Waals surface area (Å²) in [5, 5.41) is 0. The Hall–Kier alpha value is -2.92. The standard InChI is InChI=1S/C20H17N3OS/c1-13-5-3-4-6-16(13)17-11-21-20-22-18(12-23(20)19(17)25)14-7-9-15(24-2)10-8-14/h3-12H,1-2H3,(H,21,22). The van der Waals surface area contributed by atoms with Crippen molar-refractivity contribution >= 4 is 18.0 Å². The van der Waals surface area contributed by atoms with Gasteiger partial charge in [-0.1, -0.05) is 36.5 Å². The predicted molar refractivity (Wildman–Crippen MR) is 103 cm³/mol. The van der Waals surface area contributed by atoms with Crippen LogP contribution in [0.2, 0.25) is 0 Å². The summed E-state index contributed by atoms with van der Waals surface area (Å²) in [6, 6.07) is 16.1. The maximum atomic E-state index is 5.72. The Morgan fingerprint density at radius 2 is 1.80 bits per heavy atom. The zero-order valence-electron chi connectivity index (χ0n) is 14.0. The molecular formula is C20H17N3OS. The number of hydrogen-bond acceptors (Lipinski definition) is 3. The van der Waals surface area contributed by atoms with Gasteiger partial charge in [-0.05, 0) is 47.9 Å². The topological polar surface area (TPSA) is 42.3 Å². The Morgan fingerprint density at radius 1 is 1.04 bits per heavy atom. The Bertz CT molecular complexity index is 1110. The van der Waals surface area contributed by atoms with Gasteiger partial charge in [-0.2, -0.15) is 0 Å². The third-order valence-electron chi connectivity index (χ3n) is 4.33. The smallest absolute Gasteiger partial charge is 0.212 e. The first-order chi connectivity index (χ1) is 12.2. The van der Waals surface area contributed by atoms with Gasteiger partial charge in [0.05, 0.1) is 12.8 Å². The number of benzene rings is 2. The van der Waals surface area contributed by atoms with E-state index in [4.69, 9.17) is 17.0 Å². The van der Waals surface area contributed by atoms with Crippen molar-refractivity contribution in [2.45, 2.75) is 6.92 Å². The molecule has 0 aliphatic heterocycles. The molecule has 0 atom stereocenters. The second-order valence-corrected chi connectivity index (χ2v) is 6.27. The van der Waals surface area contributed by atoms with E-state index < -0.39 is 0 Å². The van der Waals surface area contributed by atoms with Gasteiger partial charge in [0.1, 0.15) is 10.4 Å². The number of nitrogens with zero attached hydrogens (tertiary/aromatic N) is 2. The van der Waals surface area contributed by atoms with Gasteiger partial charge in [-0.25, -0.2) is 4.98 Å². The number of hydrogen-bond donors (Lipinski definition) is 1. The van der Waals surface area contributed by atoms with Crippen LogP contribution >= 0.6 is 12.2 Å². The Balaban J connectivity index is 1.85. The van der Waals surface area contributed by atoms with E-state index in [1.807, 2.05) is 53.2 Å². The number of fused-ring (bicyclic) bond motifs is 1. The van der Waals surface area contributed by atoms with Gasteiger partial charge >= 0.3 is 0 Å². The molecule has 0 saturated heterocycles. The largest absolute Gasteiger partial charge is 0.497 e. The number of ether oxygens (including phenoxy) is 1. The summed E-state index contributed by atoms with van der Waals surface area (Å²) < 4.78 is 7.89. The number of rotatable bonds is 3. The van der Waals surface area contributed by atoms with Crippen LogP contribution < -0.4 is 4.74 Å². The van der Waals surface area contributed by atoms with E-state index >= 15 is 0 Å². The number of aryl methyl sites for hydroxylation is 1. The van der Waals surface area contributed by atoms with Crippen molar-refractivity contribution < 1.29 is 4.74 Å². The van der Waals surface area contributed by atoms with Crippen LogP contribution in [-0.2, 0) is 0 Å². The lowest BCUT2D eigenvalue weighted by Gasteiger charge is -2.06. The fourth-order valence-electron chi connectivity index (χ4n) is 2.94. The highest BCUT2D eigenvalue weighted by atomic mass is 32.1. The summed E-state index contributed by atoms with van der Waals surface area (Å²) in [7, 11) is 1.66. The molecule has 0 saturated carbocycles. The number of aromatic amines is 1. The lowest BCUT2D eigenvalue weighted by atomic mass is 10.0. The maximum absolute atomic E-state index is 5.72. The second kappa shape index (κ2) is 6.18. The van der Waals surface area contributed by atoms with Gasteiger partial charge in [0.15, 0.2) is 0 Å². The molecule has 0 unspecified atom stereocenters.